The van der Waals surface area contributed by atoms with Gasteiger partial charge in [0, 0.05) is 19.1 Å². The molecule has 1 aromatic rings. The molecule has 1 aromatic carbocycles. The molecule has 100 valence electrons. The minimum absolute atomic E-state index is 0.324. The molecule has 0 aromatic heterocycles. The van der Waals surface area contributed by atoms with E-state index in [9.17, 15) is 8.78 Å². The molecular formula is C14H20F2N2. The molecule has 0 radical (unpaired) electrons. The molecule has 0 saturated heterocycles. The van der Waals surface area contributed by atoms with E-state index in [1.165, 1.54) is 12.1 Å². The zero-order valence-electron chi connectivity index (χ0n) is 10.7. The second-order valence-corrected chi connectivity index (χ2v) is 5.35. The van der Waals surface area contributed by atoms with Gasteiger partial charge in [-0.05, 0) is 56.0 Å². The molecule has 1 saturated carbocycles. The molecule has 2 rings (SSSR count). The van der Waals surface area contributed by atoms with Gasteiger partial charge in [-0.15, -0.1) is 0 Å². The van der Waals surface area contributed by atoms with Crippen LogP contribution in [-0.2, 0) is 6.42 Å². The first kappa shape index (κ1) is 13.4. The van der Waals surface area contributed by atoms with Crippen molar-refractivity contribution < 1.29 is 8.78 Å². The number of halogens is 2. The van der Waals surface area contributed by atoms with E-state index in [1.807, 2.05) is 7.05 Å². The van der Waals surface area contributed by atoms with Gasteiger partial charge in [0.15, 0.2) is 0 Å². The monoisotopic (exact) mass is 254 g/mol. The first-order valence-electron chi connectivity index (χ1n) is 6.42. The summed E-state index contributed by atoms with van der Waals surface area (Å²) in [6.07, 6.45) is 2.70. The molecule has 0 spiro atoms. The van der Waals surface area contributed by atoms with E-state index < -0.39 is 0 Å². The standard InChI is InChI=1S/C14H20F2N2/c1-18(9-10-6-13(17)7-10)5-4-11-8-12(15)2-3-14(11)16/h2-3,8,10,13H,4-7,9,17H2,1H3. The summed E-state index contributed by atoms with van der Waals surface area (Å²) < 4.78 is 26.4. The minimum Gasteiger partial charge on any atom is -0.328 e. The molecule has 0 atom stereocenters. The van der Waals surface area contributed by atoms with E-state index in [1.54, 1.807) is 0 Å². The zero-order chi connectivity index (χ0) is 13.1. The van der Waals surface area contributed by atoms with Crippen LogP contribution >= 0.6 is 0 Å². The lowest BCUT2D eigenvalue weighted by molar-refractivity contribution is 0.183. The lowest BCUT2D eigenvalue weighted by Crippen LogP contribution is -2.42. The van der Waals surface area contributed by atoms with Crippen molar-refractivity contribution >= 4 is 0 Å². The molecule has 0 aliphatic heterocycles. The van der Waals surface area contributed by atoms with Crippen molar-refractivity contribution in [2.75, 3.05) is 20.1 Å². The van der Waals surface area contributed by atoms with Crippen LogP contribution in [0.4, 0.5) is 8.78 Å². The molecule has 1 fully saturated rings. The third kappa shape index (κ3) is 3.50. The van der Waals surface area contributed by atoms with Gasteiger partial charge in [0.2, 0.25) is 0 Å². The Hall–Kier alpha value is -1.00. The van der Waals surface area contributed by atoms with Crippen LogP contribution in [0.3, 0.4) is 0 Å². The van der Waals surface area contributed by atoms with E-state index in [-0.39, 0.29) is 11.6 Å². The Morgan fingerprint density at radius 3 is 2.72 bits per heavy atom. The third-order valence-corrected chi connectivity index (χ3v) is 3.61. The topological polar surface area (TPSA) is 29.3 Å². The van der Waals surface area contributed by atoms with Crippen molar-refractivity contribution in [3.63, 3.8) is 0 Å². The molecule has 2 nitrogen and oxygen atoms in total. The largest absolute Gasteiger partial charge is 0.328 e. The molecule has 18 heavy (non-hydrogen) atoms. The van der Waals surface area contributed by atoms with Crippen LogP contribution in [0.1, 0.15) is 18.4 Å². The highest BCUT2D eigenvalue weighted by Crippen LogP contribution is 2.26. The van der Waals surface area contributed by atoms with Crippen molar-refractivity contribution in [3.8, 4) is 0 Å². The fraction of sp³-hybridized carbons (Fsp3) is 0.571. The number of rotatable bonds is 5. The molecule has 0 bridgehead atoms. The van der Waals surface area contributed by atoms with Crippen molar-refractivity contribution in [2.24, 2.45) is 11.7 Å². The first-order chi connectivity index (χ1) is 8.54. The zero-order valence-corrected chi connectivity index (χ0v) is 10.7. The van der Waals surface area contributed by atoms with Crippen LogP contribution in [-0.4, -0.2) is 31.1 Å². The van der Waals surface area contributed by atoms with Crippen LogP contribution in [0.5, 0.6) is 0 Å². The summed E-state index contributed by atoms with van der Waals surface area (Å²) in [7, 11) is 2.01. The quantitative estimate of drug-likeness (QED) is 0.872. The number of nitrogens with zero attached hydrogens (tertiary/aromatic N) is 1. The van der Waals surface area contributed by atoms with Gasteiger partial charge in [-0.3, -0.25) is 0 Å². The second kappa shape index (κ2) is 5.76. The van der Waals surface area contributed by atoms with Crippen molar-refractivity contribution in [3.05, 3.63) is 35.4 Å². The Balaban J connectivity index is 1.78. The summed E-state index contributed by atoms with van der Waals surface area (Å²) in [5.41, 5.74) is 6.19. The summed E-state index contributed by atoms with van der Waals surface area (Å²) in [5, 5.41) is 0. The summed E-state index contributed by atoms with van der Waals surface area (Å²) in [6.45, 7) is 1.73. The van der Waals surface area contributed by atoms with E-state index >= 15 is 0 Å². The van der Waals surface area contributed by atoms with Crippen molar-refractivity contribution in [1.29, 1.82) is 0 Å². The Kier molecular flexibility index (Phi) is 4.30. The van der Waals surface area contributed by atoms with E-state index in [2.05, 4.69) is 4.90 Å². The highest BCUT2D eigenvalue weighted by molar-refractivity contribution is 5.19. The van der Waals surface area contributed by atoms with Gasteiger partial charge in [0.25, 0.3) is 0 Å². The molecule has 0 amide bonds. The SMILES string of the molecule is CN(CCc1cc(F)ccc1F)CC1CC(N)C1. The number of hydrogen-bond acceptors (Lipinski definition) is 2. The number of likely N-dealkylation sites (N-methyl/N-ethyl adjacent to an activating group) is 1. The molecule has 2 N–H and O–H groups in total. The van der Waals surface area contributed by atoms with Crippen LogP contribution in [0, 0.1) is 17.6 Å². The Bertz CT molecular complexity index is 403. The molecule has 0 heterocycles. The Labute approximate surface area is 107 Å². The predicted octanol–water partition coefficient (Wildman–Crippen LogP) is 2.18. The van der Waals surface area contributed by atoms with Gasteiger partial charge in [-0.25, -0.2) is 8.78 Å². The molecular weight excluding hydrogens is 234 g/mol. The van der Waals surface area contributed by atoms with Gasteiger partial charge in [-0.1, -0.05) is 0 Å². The molecule has 1 aliphatic carbocycles. The fourth-order valence-corrected chi connectivity index (χ4v) is 2.51. The lowest BCUT2D eigenvalue weighted by atomic mass is 9.80. The van der Waals surface area contributed by atoms with Gasteiger partial charge < -0.3 is 10.6 Å². The number of nitrogens with two attached hydrogens (primary N) is 1. The Morgan fingerprint density at radius 1 is 1.33 bits per heavy atom. The Morgan fingerprint density at radius 2 is 2.06 bits per heavy atom. The smallest absolute Gasteiger partial charge is 0.126 e. The summed E-state index contributed by atoms with van der Waals surface area (Å²) in [4.78, 5) is 2.17. The number of benzene rings is 1. The maximum Gasteiger partial charge on any atom is 0.126 e. The van der Waals surface area contributed by atoms with Crippen LogP contribution in [0.15, 0.2) is 18.2 Å². The van der Waals surface area contributed by atoms with Gasteiger partial charge in [-0.2, -0.15) is 0 Å². The second-order valence-electron chi connectivity index (χ2n) is 5.35. The van der Waals surface area contributed by atoms with Gasteiger partial charge >= 0.3 is 0 Å². The van der Waals surface area contributed by atoms with Crippen LogP contribution < -0.4 is 5.73 Å². The van der Waals surface area contributed by atoms with Crippen molar-refractivity contribution in [2.45, 2.75) is 25.3 Å². The summed E-state index contributed by atoms with van der Waals surface area (Å²) in [5.74, 6) is -0.0307. The maximum atomic E-state index is 13.4. The van der Waals surface area contributed by atoms with E-state index in [4.69, 9.17) is 5.73 Å². The predicted molar refractivity (Wildman–Crippen MR) is 68.3 cm³/mol. The van der Waals surface area contributed by atoms with Gasteiger partial charge in [0.1, 0.15) is 11.6 Å². The first-order valence-corrected chi connectivity index (χ1v) is 6.42. The summed E-state index contributed by atoms with van der Waals surface area (Å²) >= 11 is 0. The fourth-order valence-electron chi connectivity index (χ4n) is 2.51. The average molecular weight is 254 g/mol. The molecule has 4 heteroatoms. The molecule has 1 aliphatic rings. The number of hydrogen-bond donors (Lipinski definition) is 1. The normalized spacial score (nSPS) is 23.2. The van der Waals surface area contributed by atoms with Gasteiger partial charge in [0.05, 0.1) is 0 Å². The maximum absolute atomic E-state index is 13.4. The van der Waals surface area contributed by atoms with Crippen LogP contribution in [0.25, 0.3) is 0 Å². The average Bonchev–Trinajstić information content (AvgIpc) is 2.28. The van der Waals surface area contributed by atoms with Crippen LogP contribution in [0.2, 0.25) is 0 Å². The van der Waals surface area contributed by atoms with E-state index in [0.717, 1.165) is 32.0 Å². The highest BCUT2D eigenvalue weighted by Gasteiger charge is 2.26. The lowest BCUT2D eigenvalue weighted by Gasteiger charge is -2.35. The van der Waals surface area contributed by atoms with E-state index in [0.29, 0.717) is 23.9 Å². The highest BCUT2D eigenvalue weighted by atomic mass is 19.1. The summed E-state index contributed by atoms with van der Waals surface area (Å²) in [6, 6.07) is 3.99. The molecule has 0 unspecified atom stereocenters. The van der Waals surface area contributed by atoms with Crippen molar-refractivity contribution in [1.82, 2.24) is 4.90 Å². The third-order valence-electron chi connectivity index (χ3n) is 3.61. The minimum atomic E-state index is -0.376.